The van der Waals surface area contributed by atoms with Crippen LogP contribution in [0.25, 0.3) is 28.3 Å². The lowest BCUT2D eigenvalue weighted by atomic mass is 9.94. The van der Waals surface area contributed by atoms with Crippen LogP contribution in [0.5, 0.6) is 0 Å². The maximum Gasteiger partial charge on any atom is 0.338 e. The Morgan fingerprint density at radius 2 is 1.10 bits per heavy atom. The molecule has 0 saturated heterocycles. The maximum absolute atomic E-state index is 12.6. The van der Waals surface area contributed by atoms with Crippen LogP contribution in [0.2, 0.25) is 0 Å². The van der Waals surface area contributed by atoms with Gasteiger partial charge >= 0.3 is 11.9 Å². The van der Waals surface area contributed by atoms with Crippen LogP contribution in [-0.4, -0.2) is 24.1 Å². The fourth-order valence-electron chi connectivity index (χ4n) is 5.10. The molecule has 0 aliphatic carbocycles. The van der Waals surface area contributed by atoms with Crippen LogP contribution in [0, 0.1) is 0 Å². The smallest absolute Gasteiger partial charge is 0.338 e. The monoisotopic (exact) mass is 568 g/mol. The normalized spacial score (nSPS) is 12.4. The highest BCUT2D eigenvalue weighted by atomic mass is 16.5. The zero-order chi connectivity index (χ0) is 30.3. The molecule has 0 saturated carbocycles. The largest absolute Gasteiger partial charge is 0.459 e. The van der Waals surface area contributed by atoms with Crippen molar-refractivity contribution in [2.75, 3.05) is 0 Å². The van der Waals surface area contributed by atoms with Crippen LogP contribution in [0.3, 0.4) is 0 Å². The van der Waals surface area contributed by atoms with Crippen LogP contribution in [0.15, 0.2) is 73.3 Å². The van der Waals surface area contributed by atoms with Gasteiger partial charge in [0.2, 0.25) is 0 Å². The topological polar surface area (TPSA) is 52.6 Å². The highest BCUT2D eigenvalue weighted by molar-refractivity contribution is 5.91. The molecule has 0 radical (unpaired) electrons. The van der Waals surface area contributed by atoms with Gasteiger partial charge in [0.05, 0.1) is 23.3 Å². The van der Waals surface area contributed by atoms with E-state index in [0.717, 1.165) is 53.5 Å². The number of hydrogen-bond acceptors (Lipinski definition) is 4. The fraction of sp³-hybridized carbons (Fsp3) is 0.421. The minimum absolute atomic E-state index is 0.0830. The number of esters is 2. The van der Waals surface area contributed by atoms with Crippen molar-refractivity contribution in [2.45, 2.75) is 104 Å². The van der Waals surface area contributed by atoms with Gasteiger partial charge in [-0.25, -0.2) is 9.59 Å². The third-order valence-electron chi connectivity index (χ3n) is 7.70. The Labute approximate surface area is 253 Å². The van der Waals surface area contributed by atoms with E-state index in [1.54, 1.807) is 0 Å². The molecule has 0 unspecified atom stereocenters. The van der Waals surface area contributed by atoms with Crippen LogP contribution in [0.4, 0.5) is 0 Å². The maximum atomic E-state index is 12.6. The van der Waals surface area contributed by atoms with Crippen LogP contribution in [0.1, 0.15) is 118 Å². The third kappa shape index (κ3) is 10.0. The molecule has 0 N–H and O–H groups in total. The highest BCUT2D eigenvalue weighted by Crippen LogP contribution is 2.30. The number of benzene rings is 3. The highest BCUT2D eigenvalue weighted by Gasteiger charge is 2.14. The summed E-state index contributed by atoms with van der Waals surface area (Å²) in [5, 5.41) is 0. The summed E-state index contributed by atoms with van der Waals surface area (Å²) < 4.78 is 11.3. The van der Waals surface area contributed by atoms with E-state index in [2.05, 4.69) is 38.6 Å². The molecule has 0 bridgehead atoms. The van der Waals surface area contributed by atoms with Crippen LogP contribution >= 0.6 is 0 Å². The average Bonchev–Trinajstić information content (AvgIpc) is 3.01. The molecule has 2 atom stereocenters. The number of hydrogen-bond donors (Lipinski definition) is 0. The van der Waals surface area contributed by atoms with E-state index in [1.807, 2.05) is 68.5 Å². The lowest BCUT2D eigenvalue weighted by Crippen LogP contribution is -2.15. The molecule has 0 aliphatic heterocycles. The first-order valence-corrected chi connectivity index (χ1v) is 15.8. The lowest BCUT2D eigenvalue weighted by molar-refractivity contribution is 0.0309. The SMILES string of the molecule is C=Cc1cc(-c2ccc(C(=O)O[C@@H](C)CCCCCC)cc2)ccc1-c1ccc(C(=O)O[C@@H](C)CCCCCC)cc1. The van der Waals surface area contributed by atoms with Gasteiger partial charge < -0.3 is 9.47 Å². The molecule has 42 heavy (non-hydrogen) atoms. The van der Waals surface area contributed by atoms with E-state index < -0.39 is 0 Å². The van der Waals surface area contributed by atoms with Gasteiger partial charge in [-0.1, -0.05) is 101 Å². The molecule has 4 nitrogen and oxygen atoms in total. The van der Waals surface area contributed by atoms with Crippen LogP contribution in [-0.2, 0) is 9.47 Å². The molecule has 0 aromatic heterocycles. The van der Waals surface area contributed by atoms with Crippen molar-refractivity contribution >= 4 is 18.0 Å². The summed E-state index contributed by atoms with van der Waals surface area (Å²) >= 11 is 0. The summed E-state index contributed by atoms with van der Waals surface area (Å²) in [6, 6.07) is 21.3. The minimum Gasteiger partial charge on any atom is -0.459 e. The predicted octanol–water partition coefficient (Wildman–Crippen LogP) is 10.7. The molecule has 0 aliphatic rings. The van der Waals surface area contributed by atoms with Crippen molar-refractivity contribution in [3.63, 3.8) is 0 Å². The van der Waals surface area contributed by atoms with Gasteiger partial charge in [0.1, 0.15) is 0 Å². The second-order valence-corrected chi connectivity index (χ2v) is 11.3. The van der Waals surface area contributed by atoms with E-state index in [-0.39, 0.29) is 24.1 Å². The molecule has 3 aromatic carbocycles. The Bertz CT molecular complexity index is 1270. The summed E-state index contributed by atoms with van der Waals surface area (Å²) in [5.74, 6) is -0.557. The van der Waals surface area contributed by atoms with Gasteiger partial charge in [-0.2, -0.15) is 0 Å². The van der Waals surface area contributed by atoms with Gasteiger partial charge in [-0.05, 0) is 97.7 Å². The Hall–Kier alpha value is -3.66. The van der Waals surface area contributed by atoms with E-state index in [0.29, 0.717) is 11.1 Å². The van der Waals surface area contributed by atoms with Crippen molar-refractivity contribution in [1.82, 2.24) is 0 Å². The van der Waals surface area contributed by atoms with E-state index in [9.17, 15) is 9.59 Å². The summed E-state index contributed by atoms with van der Waals surface area (Å²) in [6.45, 7) is 12.3. The second kappa shape index (κ2) is 17.3. The van der Waals surface area contributed by atoms with Gasteiger partial charge in [0.15, 0.2) is 0 Å². The Kier molecular flexibility index (Phi) is 13.6. The van der Waals surface area contributed by atoms with Crippen molar-refractivity contribution in [2.24, 2.45) is 0 Å². The first kappa shape index (κ1) is 32.8. The van der Waals surface area contributed by atoms with Gasteiger partial charge in [-0.15, -0.1) is 0 Å². The molecule has 0 heterocycles. The molecule has 3 rings (SSSR count). The predicted molar refractivity (Wildman–Crippen MR) is 175 cm³/mol. The van der Waals surface area contributed by atoms with E-state index in [4.69, 9.17) is 9.47 Å². The molecule has 0 fully saturated rings. The number of unbranched alkanes of at least 4 members (excludes halogenated alkanes) is 6. The molecule has 0 spiro atoms. The zero-order valence-corrected chi connectivity index (χ0v) is 26.0. The third-order valence-corrected chi connectivity index (χ3v) is 7.70. The van der Waals surface area contributed by atoms with Crippen molar-refractivity contribution in [1.29, 1.82) is 0 Å². The zero-order valence-electron chi connectivity index (χ0n) is 26.0. The Morgan fingerprint density at radius 1 is 0.643 bits per heavy atom. The molecule has 224 valence electrons. The Morgan fingerprint density at radius 3 is 1.55 bits per heavy atom. The molecular formula is C38H48O4. The van der Waals surface area contributed by atoms with Gasteiger partial charge in [0.25, 0.3) is 0 Å². The fourth-order valence-corrected chi connectivity index (χ4v) is 5.10. The van der Waals surface area contributed by atoms with E-state index in [1.165, 1.54) is 38.5 Å². The average molecular weight is 569 g/mol. The first-order chi connectivity index (χ1) is 20.4. The second-order valence-electron chi connectivity index (χ2n) is 11.3. The molecular weight excluding hydrogens is 520 g/mol. The Balaban J connectivity index is 1.63. The first-order valence-electron chi connectivity index (χ1n) is 15.8. The number of carbonyl (C=O) groups excluding carboxylic acids is 2. The molecule has 0 amide bonds. The number of ether oxygens (including phenoxy) is 2. The number of carbonyl (C=O) groups is 2. The summed E-state index contributed by atoms with van der Waals surface area (Å²) in [6.07, 6.45) is 12.8. The lowest BCUT2D eigenvalue weighted by Gasteiger charge is -2.14. The van der Waals surface area contributed by atoms with Crippen molar-refractivity contribution in [3.8, 4) is 22.3 Å². The number of rotatable bonds is 17. The van der Waals surface area contributed by atoms with Crippen molar-refractivity contribution in [3.05, 3.63) is 90.0 Å². The summed E-state index contributed by atoms with van der Waals surface area (Å²) in [4.78, 5) is 25.2. The summed E-state index contributed by atoms with van der Waals surface area (Å²) in [7, 11) is 0. The van der Waals surface area contributed by atoms with Crippen molar-refractivity contribution < 1.29 is 19.1 Å². The standard InChI is InChI=1S/C38H48O4/c1-6-9-11-13-15-28(4)41-37(39)33-21-17-31(18-22-33)35-25-26-36(30(8-3)27-35)32-19-23-34(24-20-32)38(40)42-29(5)16-14-12-10-7-2/h8,17-29H,3,6-7,9-16H2,1-2,4-5H3/t28-,29-/m0/s1. The minimum atomic E-state index is -0.280. The molecule has 4 heteroatoms. The van der Waals surface area contributed by atoms with Crippen LogP contribution < -0.4 is 0 Å². The van der Waals surface area contributed by atoms with Gasteiger partial charge in [0, 0.05) is 0 Å². The quantitative estimate of drug-likeness (QED) is 0.120. The molecule has 3 aromatic rings. The van der Waals surface area contributed by atoms with E-state index >= 15 is 0 Å². The van der Waals surface area contributed by atoms with Gasteiger partial charge in [-0.3, -0.25) is 0 Å². The summed E-state index contributed by atoms with van der Waals surface area (Å²) in [5.41, 5.74) is 6.18.